The number of ether oxygens (including phenoxy) is 3. The number of nitrogens with two attached hydrogens (primary N) is 2. The molecule has 0 radical (unpaired) electrons. The second-order valence-electron chi connectivity index (χ2n) is 25.8. The Bertz CT molecular complexity index is 4230. The maximum atomic E-state index is 15.0. The first-order valence-electron chi connectivity index (χ1n) is 32.0. The van der Waals surface area contributed by atoms with Crippen molar-refractivity contribution in [2.45, 2.75) is 93.6 Å². The van der Waals surface area contributed by atoms with Crippen molar-refractivity contribution in [1.29, 1.82) is 0 Å². The van der Waals surface area contributed by atoms with Crippen LogP contribution in [0, 0.1) is 35.5 Å². The van der Waals surface area contributed by atoms with Crippen LogP contribution in [0.1, 0.15) is 96.0 Å². The fourth-order valence-corrected chi connectivity index (χ4v) is 16.0. The Hall–Kier alpha value is -9.00. The number of aromatic hydroxyl groups is 1. The Morgan fingerprint density at radius 3 is 2.63 bits per heavy atom. The summed E-state index contributed by atoms with van der Waals surface area (Å²) in [5.74, 6) is 10.1. The molecular formula is C76H78N6O8. The van der Waals surface area contributed by atoms with Crippen molar-refractivity contribution in [2.75, 3.05) is 51.5 Å². The molecule has 15 rings (SSSR count). The number of nitrogens with zero attached hydrogens (tertiary/aromatic N) is 2. The number of H-pyrrole nitrogens is 1. The van der Waals surface area contributed by atoms with Gasteiger partial charge in [-0.1, -0.05) is 135 Å². The molecule has 7 bridgehead atoms. The number of rotatable bonds is 10. The zero-order chi connectivity index (χ0) is 61.7. The molecule has 14 nitrogen and oxygen atoms in total. The predicted molar refractivity (Wildman–Crippen MR) is 356 cm³/mol. The van der Waals surface area contributed by atoms with Crippen LogP contribution in [0.3, 0.4) is 0 Å². The lowest BCUT2D eigenvalue weighted by Gasteiger charge is -2.50. The normalized spacial score (nSPS) is 24.4. The second kappa shape index (κ2) is 24.4. The highest BCUT2D eigenvalue weighted by atomic mass is 16.5. The summed E-state index contributed by atoms with van der Waals surface area (Å²) in [4.78, 5) is 26.9. The number of aliphatic imine (C=N–C) groups is 1. The molecule has 4 aliphatic heterocycles. The zero-order valence-corrected chi connectivity index (χ0v) is 51.1. The van der Waals surface area contributed by atoms with Crippen molar-refractivity contribution >= 4 is 40.6 Å². The number of aromatic amines is 1. The third-order valence-corrected chi connectivity index (χ3v) is 20.6. The van der Waals surface area contributed by atoms with E-state index in [4.69, 9.17) is 35.1 Å². The van der Waals surface area contributed by atoms with Crippen molar-refractivity contribution in [2.24, 2.45) is 40.1 Å². The van der Waals surface area contributed by atoms with Gasteiger partial charge in [0.25, 0.3) is 0 Å². The Morgan fingerprint density at radius 2 is 1.80 bits per heavy atom. The molecule has 2 aromatic heterocycles. The van der Waals surface area contributed by atoms with E-state index in [-0.39, 0.29) is 101 Å². The minimum Gasteiger partial charge on any atom is -0.508 e. The van der Waals surface area contributed by atoms with Crippen molar-refractivity contribution < 1.29 is 33.9 Å². The van der Waals surface area contributed by atoms with Crippen molar-refractivity contribution in [1.82, 2.24) is 10.3 Å². The van der Waals surface area contributed by atoms with Gasteiger partial charge in [0, 0.05) is 90.2 Å². The molecule has 3 fully saturated rings. The number of phenols is 1. The summed E-state index contributed by atoms with van der Waals surface area (Å²) in [6.07, 6.45) is 13.7. The quantitative estimate of drug-likeness (QED) is 0.0387. The van der Waals surface area contributed by atoms with E-state index in [0.29, 0.717) is 54.3 Å². The number of aliphatic hydroxyl groups excluding tert-OH is 2. The number of fused-ring (bicyclic) bond motifs is 14. The van der Waals surface area contributed by atoms with Gasteiger partial charge in [0.15, 0.2) is 22.9 Å². The van der Waals surface area contributed by atoms with Gasteiger partial charge < -0.3 is 60.6 Å². The molecule has 3 aliphatic carbocycles. The summed E-state index contributed by atoms with van der Waals surface area (Å²) < 4.78 is 27.1. The van der Waals surface area contributed by atoms with E-state index in [1.54, 1.807) is 30.3 Å². The predicted octanol–water partition coefficient (Wildman–Crippen LogP) is 11.9. The van der Waals surface area contributed by atoms with Crippen LogP contribution >= 0.6 is 0 Å². The molecule has 14 heteroatoms. The fraction of sp³-hybridized carbons (Fsp3) is 0.342. The molecule has 0 unspecified atom stereocenters. The number of aromatic nitrogens is 1. The molecule has 1 saturated heterocycles. The summed E-state index contributed by atoms with van der Waals surface area (Å²) >= 11 is 0. The van der Waals surface area contributed by atoms with E-state index in [0.717, 1.165) is 84.4 Å². The van der Waals surface area contributed by atoms with Crippen LogP contribution in [-0.4, -0.2) is 85.0 Å². The minimum atomic E-state index is -0.878. The van der Waals surface area contributed by atoms with Gasteiger partial charge in [0.2, 0.25) is 5.75 Å². The van der Waals surface area contributed by atoms with Crippen molar-refractivity contribution in [3.05, 3.63) is 200 Å². The topological polar surface area (TPSA) is 214 Å². The molecule has 0 amide bonds. The van der Waals surface area contributed by atoms with Gasteiger partial charge in [0.05, 0.1) is 38.2 Å². The van der Waals surface area contributed by atoms with Gasteiger partial charge >= 0.3 is 0 Å². The van der Waals surface area contributed by atoms with E-state index in [1.807, 2.05) is 36.4 Å². The van der Waals surface area contributed by atoms with E-state index in [1.165, 1.54) is 30.0 Å². The molecule has 90 heavy (non-hydrogen) atoms. The molecule has 2 saturated carbocycles. The number of aliphatic hydroxyl groups is 2. The first kappa shape index (κ1) is 58.7. The number of hydrogen-bond acceptors (Lipinski definition) is 11. The number of aryl methyl sites for hydroxylation is 2. The second-order valence-corrected chi connectivity index (χ2v) is 25.8. The van der Waals surface area contributed by atoms with Gasteiger partial charge in [-0.15, -0.1) is 5.92 Å². The molecule has 460 valence electrons. The van der Waals surface area contributed by atoms with Crippen LogP contribution in [0.15, 0.2) is 160 Å². The van der Waals surface area contributed by atoms with Gasteiger partial charge in [0.1, 0.15) is 28.3 Å². The zero-order valence-electron chi connectivity index (χ0n) is 51.1. The highest BCUT2D eigenvalue weighted by Crippen LogP contribution is 2.62. The van der Waals surface area contributed by atoms with Crippen molar-refractivity contribution in [3.8, 4) is 57.3 Å². The molecule has 7 aliphatic rings. The average molecular weight is 1200 g/mol. The SMILES string of the molecule is COc1c2c(c3oc(-c4ccc(O)cc4)cc(=O)c3c1OCC[C@@H](O)/C=C/c1ccccc1)CCc1cccc(c1)-c1cc3[nH]c1N1CCNC[C@@H]1[C@]1(C[C@@H]4c5ccccc5C=C[C@@H]4[C@@H]1C#CC[C@H]1CCC[C@]31C)c1ccc(c(N=C(N)N)c1)C[C@H](CO)CO2. The smallest absolute Gasteiger partial charge is 0.204 e. The third kappa shape index (κ3) is 10.7. The fourth-order valence-electron chi connectivity index (χ4n) is 16.0. The van der Waals surface area contributed by atoms with E-state index in [2.05, 4.69) is 119 Å². The number of guanidine groups is 1. The molecule has 6 heterocycles. The molecule has 6 aromatic carbocycles. The van der Waals surface area contributed by atoms with E-state index >= 15 is 0 Å². The standard InChI is InChI=1S/C76H78N6O8/c1-75-33-10-17-53(75)16-9-19-62-58-31-25-49-14-6-7-18-57(49)61(58)42-76(62)54-26-22-52(63(39-54)80-74(77)78)38-48(44-83)45-89-70-59(30-21-47-13-8-15-51(37-47)60-40-66(75)81-73(60)82-35-34-79-43-67(76)82)69-68(64(86)41-65(90-69)50-23-28-55(84)29-24-50)71(72(70)87-2)88-36-32-56(85)27-20-46-11-4-3-5-12-46/h3-8,11-15,18,20,22-29,31,37,39-41,48,53,56,58,61-62,67,79,81,83-85H,10,16-17,21,30,32-36,38,42-45H2,1-2H3,(H4,77,78,80)/b27-20+/t48-,53+,56+,58+,61-,62+,67-,75+,76-/m1/s1. The number of anilines is 1. The van der Waals surface area contributed by atoms with Crippen molar-refractivity contribution in [3.63, 3.8) is 0 Å². The number of hydrogen-bond donors (Lipinski definition) is 7. The summed E-state index contributed by atoms with van der Waals surface area (Å²) in [7, 11) is 1.52. The van der Waals surface area contributed by atoms with Gasteiger partial charge in [-0.3, -0.25) is 4.79 Å². The Kier molecular flexibility index (Phi) is 15.9. The first-order chi connectivity index (χ1) is 43.9. The first-order valence-corrected chi connectivity index (χ1v) is 32.0. The van der Waals surface area contributed by atoms with Gasteiger partial charge in [-0.2, -0.15) is 0 Å². The van der Waals surface area contributed by atoms with Gasteiger partial charge in [-0.05, 0) is 132 Å². The average Bonchev–Trinajstić information content (AvgIpc) is 1.51. The number of allylic oxidation sites excluding steroid dienone is 1. The maximum absolute atomic E-state index is 15.0. The monoisotopic (exact) mass is 1200 g/mol. The number of nitrogens with one attached hydrogen (secondary N) is 2. The summed E-state index contributed by atoms with van der Waals surface area (Å²) in [6, 6.07) is 44.4. The summed E-state index contributed by atoms with van der Waals surface area (Å²) in [5, 5.41) is 37.2. The van der Waals surface area contributed by atoms with Crippen LogP contribution in [0.5, 0.6) is 23.0 Å². The molecule has 9 N–H and O–H groups in total. The lowest BCUT2D eigenvalue weighted by molar-refractivity contribution is 0.157. The van der Waals surface area contributed by atoms with Crippen LogP contribution in [0.2, 0.25) is 0 Å². The molecule has 8 aromatic rings. The third-order valence-electron chi connectivity index (χ3n) is 20.6. The van der Waals surface area contributed by atoms with Crippen LogP contribution in [-0.2, 0) is 30.1 Å². The largest absolute Gasteiger partial charge is 0.508 e. The number of benzene rings is 6. The molecular weight excluding hydrogens is 1120 g/mol. The maximum Gasteiger partial charge on any atom is 0.204 e. The number of methoxy groups -OCH3 is 1. The molecule has 9 atom stereocenters. The van der Waals surface area contributed by atoms with E-state index in [9.17, 15) is 20.1 Å². The summed E-state index contributed by atoms with van der Waals surface area (Å²) in [6.45, 7) is 4.42. The number of phenolic OH excluding ortho intramolecular Hbond substituents is 1. The van der Waals surface area contributed by atoms with Crippen LogP contribution in [0.25, 0.3) is 45.6 Å². The highest BCUT2D eigenvalue weighted by molar-refractivity contribution is 5.93. The number of piperazine rings is 1. The lowest BCUT2D eigenvalue weighted by atomic mass is 9.64. The highest BCUT2D eigenvalue weighted by Gasteiger charge is 2.60. The molecule has 1 spiro atoms. The minimum absolute atomic E-state index is 0.00339. The Balaban J connectivity index is 0.968. The van der Waals surface area contributed by atoms with Crippen LogP contribution < -0.4 is 41.3 Å². The Labute approximate surface area is 525 Å². The van der Waals surface area contributed by atoms with E-state index < -0.39 is 17.4 Å². The lowest BCUT2D eigenvalue weighted by Crippen LogP contribution is -2.62. The van der Waals surface area contributed by atoms with Gasteiger partial charge in [-0.25, -0.2) is 4.99 Å². The Morgan fingerprint density at radius 1 is 0.956 bits per heavy atom. The van der Waals surface area contributed by atoms with Crippen LogP contribution in [0.4, 0.5) is 11.5 Å². The summed E-state index contributed by atoms with van der Waals surface area (Å²) in [5.41, 5.74) is 23.8.